The van der Waals surface area contributed by atoms with Gasteiger partial charge in [-0.2, -0.15) is 0 Å². The summed E-state index contributed by atoms with van der Waals surface area (Å²) in [5, 5.41) is 24.3. The van der Waals surface area contributed by atoms with E-state index in [0.717, 1.165) is 5.82 Å². The maximum absolute atomic E-state index is 13.6. The Morgan fingerprint density at radius 2 is 2.21 bits per heavy atom. The first-order valence-corrected chi connectivity index (χ1v) is 8.71. The second kappa shape index (κ2) is 9.15. The van der Waals surface area contributed by atoms with E-state index in [-0.39, 0.29) is 22.9 Å². The van der Waals surface area contributed by atoms with Crippen LogP contribution in [0.2, 0.25) is 0 Å². The van der Waals surface area contributed by atoms with Crippen LogP contribution in [0.3, 0.4) is 0 Å². The average molecular weight is 405 g/mol. The maximum Gasteiger partial charge on any atom is 0.343 e. The monoisotopic (exact) mass is 405 g/mol. The fourth-order valence-corrected chi connectivity index (χ4v) is 2.75. The molecule has 0 radical (unpaired) electrons. The molecule has 3 rings (SSSR count). The number of carbonyl (C=O) groups is 1. The van der Waals surface area contributed by atoms with E-state index >= 15 is 0 Å². The fraction of sp³-hybridized carbons (Fsp3) is 0.333. The minimum Gasteiger partial charge on any atom is -0.494 e. The molecule has 0 aliphatic rings. The van der Waals surface area contributed by atoms with Crippen molar-refractivity contribution in [2.75, 3.05) is 32.7 Å². The molecule has 0 bridgehead atoms. The molecule has 2 N–H and O–H groups in total. The minimum absolute atomic E-state index is 0.00145. The number of carboxylic acid groups (broad SMARTS) is 1. The maximum atomic E-state index is 13.6. The predicted molar refractivity (Wildman–Crippen MR) is 99.5 cm³/mol. The molecule has 0 saturated carbocycles. The van der Waals surface area contributed by atoms with E-state index in [1.807, 2.05) is 4.57 Å². The number of aromatic nitrogens is 4. The summed E-state index contributed by atoms with van der Waals surface area (Å²) in [5.41, 5.74) is 0.181. The topological polar surface area (TPSA) is 125 Å². The molecular weight excluding hydrogens is 385 g/mol. The molecule has 0 spiro atoms. The van der Waals surface area contributed by atoms with Gasteiger partial charge in [-0.05, 0) is 18.2 Å². The van der Waals surface area contributed by atoms with Crippen LogP contribution >= 0.6 is 0 Å². The zero-order valence-electron chi connectivity index (χ0n) is 15.9. The summed E-state index contributed by atoms with van der Waals surface area (Å²) in [6.07, 6.45) is 2.09. The lowest BCUT2D eigenvalue weighted by atomic mass is 10.1. The van der Waals surface area contributed by atoms with Crippen LogP contribution in [0.4, 0.5) is 10.2 Å². The third-order valence-electron chi connectivity index (χ3n) is 4.19. The number of halogens is 1. The molecule has 0 saturated heterocycles. The van der Waals surface area contributed by atoms with Crippen molar-refractivity contribution in [1.82, 2.24) is 19.9 Å². The van der Waals surface area contributed by atoms with E-state index in [4.69, 9.17) is 14.0 Å². The number of carboxylic acids is 1. The van der Waals surface area contributed by atoms with Crippen molar-refractivity contribution < 1.29 is 28.3 Å². The van der Waals surface area contributed by atoms with Crippen molar-refractivity contribution in [3.05, 3.63) is 41.7 Å². The number of methoxy groups -OCH3 is 2. The van der Waals surface area contributed by atoms with Crippen LogP contribution in [0.15, 0.2) is 29.0 Å². The average Bonchev–Trinajstić information content (AvgIpc) is 3.34. The van der Waals surface area contributed by atoms with Crippen LogP contribution in [-0.2, 0) is 17.7 Å². The number of nitrogens with one attached hydrogen (secondary N) is 1. The largest absolute Gasteiger partial charge is 0.494 e. The molecule has 29 heavy (non-hydrogen) atoms. The van der Waals surface area contributed by atoms with Crippen LogP contribution in [-0.4, -0.2) is 58.4 Å². The van der Waals surface area contributed by atoms with Gasteiger partial charge in [0.05, 0.1) is 13.7 Å². The normalized spacial score (nSPS) is 10.9. The Morgan fingerprint density at radius 3 is 2.93 bits per heavy atom. The van der Waals surface area contributed by atoms with Gasteiger partial charge in [0, 0.05) is 32.2 Å². The fourth-order valence-electron chi connectivity index (χ4n) is 2.75. The summed E-state index contributed by atoms with van der Waals surface area (Å²) < 4.78 is 30.7. The highest BCUT2D eigenvalue weighted by molar-refractivity contribution is 5.99. The van der Waals surface area contributed by atoms with Gasteiger partial charge in [0.1, 0.15) is 12.2 Å². The van der Waals surface area contributed by atoms with Crippen molar-refractivity contribution in [3.63, 3.8) is 0 Å². The lowest BCUT2D eigenvalue weighted by molar-refractivity contribution is 0.0698. The van der Waals surface area contributed by atoms with Crippen molar-refractivity contribution in [2.45, 2.75) is 13.0 Å². The molecule has 1 aromatic carbocycles. The van der Waals surface area contributed by atoms with Gasteiger partial charge < -0.3 is 29.0 Å². The molecule has 10 nitrogen and oxygen atoms in total. The minimum atomic E-state index is -1.23. The summed E-state index contributed by atoms with van der Waals surface area (Å²) >= 11 is 0. The number of nitrogens with zero attached hydrogens (tertiary/aromatic N) is 4. The zero-order valence-corrected chi connectivity index (χ0v) is 15.9. The van der Waals surface area contributed by atoms with Gasteiger partial charge in [0.25, 0.3) is 0 Å². The number of benzene rings is 1. The molecule has 2 heterocycles. The number of hydrogen-bond donors (Lipinski definition) is 2. The Bertz CT molecular complexity index is 987. The molecular formula is C18H20FN5O5. The van der Waals surface area contributed by atoms with E-state index < -0.39 is 11.8 Å². The Labute approximate surface area is 165 Å². The van der Waals surface area contributed by atoms with Gasteiger partial charge in [-0.25, -0.2) is 9.18 Å². The summed E-state index contributed by atoms with van der Waals surface area (Å²) in [6, 6.07) is 3.92. The van der Waals surface area contributed by atoms with Crippen LogP contribution in [0.1, 0.15) is 16.2 Å². The van der Waals surface area contributed by atoms with Crippen LogP contribution in [0.25, 0.3) is 11.3 Å². The van der Waals surface area contributed by atoms with Gasteiger partial charge in [-0.3, -0.25) is 0 Å². The van der Waals surface area contributed by atoms with E-state index in [9.17, 15) is 14.3 Å². The van der Waals surface area contributed by atoms with Gasteiger partial charge in [-0.1, -0.05) is 5.16 Å². The van der Waals surface area contributed by atoms with Crippen molar-refractivity contribution in [3.8, 4) is 17.1 Å². The predicted octanol–water partition coefficient (Wildman–Crippen LogP) is 2.08. The van der Waals surface area contributed by atoms with E-state index in [1.165, 1.54) is 25.3 Å². The molecule has 3 aromatic rings. The van der Waals surface area contributed by atoms with Gasteiger partial charge in [-0.15, -0.1) is 10.2 Å². The lowest BCUT2D eigenvalue weighted by Crippen LogP contribution is -2.13. The Kier molecular flexibility index (Phi) is 6.39. The number of anilines is 1. The third-order valence-corrected chi connectivity index (χ3v) is 4.19. The number of aromatic carboxylic acids is 1. The Balaban J connectivity index is 1.76. The highest BCUT2D eigenvalue weighted by Crippen LogP contribution is 2.32. The molecule has 11 heteroatoms. The standard InChI is InChI=1S/C18H20FN5O5/c1-27-8-7-24-10-21-22-14(24)5-6-20-17-15(18(25)26)16(29-23-17)11-3-4-12(19)13(9-11)28-2/h3-4,9-10H,5-8H2,1-2H3,(H,20,23)(H,25,26). The first-order valence-electron chi connectivity index (χ1n) is 8.71. The SMILES string of the molecule is COCCn1cnnc1CCNc1noc(-c2ccc(F)c(OC)c2)c1C(=O)O. The smallest absolute Gasteiger partial charge is 0.343 e. The highest BCUT2D eigenvalue weighted by Gasteiger charge is 2.24. The molecule has 2 aromatic heterocycles. The van der Waals surface area contributed by atoms with Crippen molar-refractivity contribution in [2.24, 2.45) is 0 Å². The summed E-state index contributed by atoms with van der Waals surface area (Å²) in [6.45, 7) is 1.49. The number of hydrogen-bond acceptors (Lipinski definition) is 8. The second-order valence-electron chi connectivity index (χ2n) is 6.00. The van der Waals surface area contributed by atoms with Crippen molar-refractivity contribution in [1.29, 1.82) is 0 Å². The first-order chi connectivity index (χ1) is 14.0. The van der Waals surface area contributed by atoms with Crippen LogP contribution in [0.5, 0.6) is 5.75 Å². The highest BCUT2D eigenvalue weighted by atomic mass is 19.1. The molecule has 0 aliphatic carbocycles. The van der Waals surface area contributed by atoms with Crippen molar-refractivity contribution >= 4 is 11.8 Å². The van der Waals surface area contributed by atoms with Gasteiger partial charge in [0.2, 0.25) is 0 Å². The van der Waals surface area contributed by atoms with Gasteiger partial charge in [0.15, 0.2) is 28.7 Å². The van der Waals surface area contributed by atoms with Crippen LogP contribution < -0.4 is 10.1 Å². The van der Waals surface area contributed by atoms with E-state index in [1.54, 1.807) is 13.4 Å². The number of rotatable bonds is 10. The molecule has 0 fully saturated rings. The number of ether oxygens (including phenoxy) is 2. The Hall–Kier alpha value is -3.47. The molecule has 0 unspecified atom stereocenters. The third kappa shape index (κ3) is 4.51. The van der Waals surface area contributed by atoms with E-state index in [2.05, 4.69) is 20.7 Å². The van der Waals surface area contributed by atoms with E-state index in [0.29, 0.717) is 31.7 Å². The summed E-state index contributed by atoms with van der Waals surface area (Å²) in [7, 11) is 2.93. The molecule has 0 atom stereocenters. The van der Waals surface area contributed by atoms with Gasteiger partial charge >= 0.3 is 5.97 Å². The molecule has 0 amide bonds. The quantitative estimate of drug-likeness (QED) is 0.521. The molecule has 0 aliphatic heterocycles. The summed E-state index contributed by atoms with van der Waals surface area (Å²) in [5.74, 6) is -1.03. The Morgan fingerprint density at radius 1 is 1.38 bits per heavy atom. The molecule has 154 valence electrons. The first kappa shape index (κ1) is 20.3. The lowest BCUT2D eigenvalue weighted by Gasteiger charge is -2.07. The zero-order chi connectivity index (χ0) is 20.8. The van der Waals surface area contributed by atoms with Crippen LogP contribution in [0, 0.1) is 5.82 Å². The second-order valence-corrected chi connectivity index (χ2v) is 6.00. The summed E-state index contributed by atoms with van der Waals surface area (Å²) in [4.78, 5) is 11.8.